The van der Waals surface area contributed by atoms with Crippen molar-refractivity contribution < 1.29 is 24.2 Å². The van der Waals surface area contributed by atoms with Crippen molar-refractivity contribution in [3.63, 3.8) is 0 Å². The maximum absolute atomic E-state index is 12.2. The number of carboxylic acid groups (broad SMARTS) is 1. The zero-order chi connectivity index (χ0) is 15.2. The Balaban J connectivity index is 2.01. The number of rotatable bonds is 4. The third kappa shape index (κ3) is 4.35. The van der Waals surface area contributed by atoms with Gasteiger partial charge in [0.2, 0.25) is 0 Å². The first-order chi connectivity index (χ1) is 10.1. The monoisotopic (exact) mass is 294 g/mol. The number of ether oxygens (including phenoxy) is 2. The number of hydrogen-bond donors (Lipinski definition) is 2. The van der Waals surface area contributed by atoms with E-state index in [0.717, 1.165) is 0 Å². The number of aliphatic carboxylic acids is 1. The fourth-order valence-corrected chi connectivity index (χ4v) is 2.03. The zero-order valence-electron chi connectivity index (χ0n) is 11.7. The number of para-hydroxylation sites is 2. The molecule has 21 heavy (non-hydrogen) atoms. The summed E-state index contributed by atoms with van der Waals surface area (Å²) in [4.78, 5) is 24.4. The van der Waals surface area contributed by atoms with Crippen LogP contribution in [0, 0.1) is 0 Å². The summed E-state index contributed by atoms with van der Waals surface area (Å²) in [7, 11) is 0. The van der Waals surface area contributed by atoms with Gasteiger partial charge in [0.15, 0.2) is 6.61 Å². The highest BCUT2D eigenvalue weighted by molar-refractivity contribution is 5.91. The molecule has 0 saturated carbocycles. The van der Waals surface area contributed by atoms with Crippen LogP contribution in [0.5, 0.6) is 5.75 Å². The average Bonchev–Trinajstić information content (AvgIpc) is 2.46. The SMILES string of the molecule is CC1CN(C(=O)Nc2ccccc2OCC(=O)O)CCO1. The van der Waals surface area contributed by atoms with Crippen LogP contribution in [-0.2, 0) is 9.53 Å². The van der Waals surface area contributed by atoms with Gasteiger partial charge in [-0.15, -0.1) is 0 Å². The Bertz CT molecular complexity index is 520. The van der Waals surface area contributed by atoms with Gasteiger partial charge in [-0.25, -0.2) is 9.59 Å². The Kier molecular flexibility index (Phi) is 4.99. The number of hydrogen-bond acceptors (Lipinski definition) is 4. The summed E-state index contributed by atoms with van der Waals surface area (Å²) >= 11 is 0. The van der Waals surface area contributed by atoms with Crippen LogP contribution in [0.2, 0.25) is 0 Å². The van der Waals surface area contributed by atoms with E-state index in [9.17, 15) is 9.59 Å². The minimum atomic E-state index is -1.07. The number of benzene rings is 1. The van der Waals surface area contributed by atoms with E-state index in [1.54, 1.807) is 29.2 Å². The smallest absolute Gasteiger partial charge is 0.341 e. The first kappa shape index (κ1) is 15.1. The summed E-state index contributed by atoms with van der Waals surface area (Å²) < 4.78 is 10.5. The van der Waals surface area contributed by atoms with Crippen LogP contribution >= 0.6 is 0 Å². The van der Waals surface area contributed by atoms with Crippen molar-refractivity contribution >= 4 is 17.7 Å². The van der Waals surface area contributed by atoms with Crippen LogP contribution in [0.4, 0.5) is 10.5 Å². The van der Waals surface area contributed by atoms with Gasteiger partial charge < -0.3 is 24.8 Å². The molecule has 1 unspecified atom stereocenters. The Labute approximate surface area is 122 Å². The third-order valence-electron chi connectivity index (χ3n) is 3.01. The predicted octanol–water partition coefficient (Wildman–Crippen LogP) is 1.40. The molecule has 0 aromatic heterocycles. The molecule has 1 saturated heterocycles. The van der Waals surface area contributed by atoms with Gasteiger partial charge in [-0.3, -0.25) is 0 Å². The number of nitrogens with one attached hydrogen (secondary N) is 1. The van der Waals surface area contributed by atoms with Gasteiger partial charge in [0.1, 0.15) is 5.75 Å². The van der Waals surface area contributed by atoms with E-state index in [2.05, 4.69) is 5.32 Å². The molecule has 0 radical (unpaired) electrons. The van der Waals surface area contributed by atoms with Gasteiger partial charge in [0.25, 0.3) is 0 Å². The molecule has 0 bridgehead atoms. The normalized spacial score (nSPS) is 18.1. The van der Waals surface area contributed by atoms with Crippen molar-refractivity contribution in [1.29, 1.82) is 0 Å². The number of anilines is 1. The highest BCUT2D eigenvalue weighted by Crippen LogP contribution is 2.24. The summed E-state index contributed by atoms with van der Waals surface area (Å²) in [5.41, 5.74) is 0.447. The Morgan fingerprint density at radius 2 is 2.24 bits per heavy atom. The molecule has 2 rings (SSSR count). The number of urea groups is 1. The second-order valence-corrected chi connectivity index (χ2v) is 4.74. The molecule has 2 N–H and O–H groups in total. The van der Waals surface area contributed by atoms with Gasteiger partial charge in [-0.1, -0.05) is 12.1 Å². The Morgan fingerprint density at radius 3 is 2.95 bits per heavy atom. The van der Waals surface area contributed by atoms with Crippen molar-refractivity contribution in [3.05, 3.63) is 24.3 Å². The molecule has 2 amide bonds. The molecule has 0 aliphatic carbocycles. The van der Waals surface area contributed by atoms with Gasteiger partial charge in [0, 0.05) is 13.1 Å². The standard InChI is InChI=1S/C14H18N2O5/c1-10-8-16(6-7-20-10)14(19)15-11-4-2-3-5-12(11)21-9-13(17)18/h2-5,10H,6-9H2,1H3,(H,15,19)(H,17,18). The molecule has 1 aromatic rings. The molecule has 1 aromatic carbocycles. The topological polar surface area (TPSA) is 88.1 Å². The van der Waals surface area contributed by atoms with E-state index in [4.69, 9.17) is 14.6 Å². The van der Waals surface area contributed by atoms with Crippen LogP contribution in [0.25, 0.3) is 0 Å². The second-order valence-electron chi connectivity index (χ2n) is 4.74. The lowest BCUT2D eigenvalue weighted by Crippen LogP contribution is -2.46. The first-order valence-electron chi connectivity index (χ1n) is 6.67. The quantitative estimate of drug-likeness (QED) is 0.876. The largest absolute Gasteiger partial charge is 0.480 e. The van der Waals surface area contributed by atoms with Gasteiger partial charge in [-0.2, -0.15) is 0 Å². The summed E-state index contributed by atoms with van der Waals surface area (Å²) in [5, 5.41) is 11.4. The van der Waals surface area contributed by atoms with E-state index >= 15 is 0 Å². The van der Waals surface area contributed by atoms with Crippen molar-refractivity contribution in [2.24, 2.45) is 0 Å². The fourth-order valence-electron chi connectivity index (χ4n) is 2.03. The summed E-state index contributed by atoms with van der Waals surface area (Å²) in [6.07, 6.45) is 0.00278. The first-order valence-corrected chi connectivity index (χ1v) is 6.67. The van der Waals surface area contributed by atoms with Crippen LogP contribution in [0.3, 0.4) is 0 Å². The molecule has 1 fully saturated rings. The minimum Gasteiger partial charge on any atom is -0.480 e. The number of nitrogens with zero attached hydrogens (tertiary/aromatic N) is 1. The predicted molar refractivity (Wildman–Crippen MR) is 75.6 cm³/mol. The lowest BCUT2D eigenvalue weighted by molar-refractivity contribution is -0.139. The lowest BCUT2D eigenvalue weighted by Gasteiger charge is -2.31. The number of carboxylic acids is 1. The second kappa shape index (κ2) is 6.94. The van der Waals surface area contributed by atoms with Crippen molar-refractivity contribution in [1.82, 2.24) is 4.90 Å². The molecule has 7 heteroatoms. The summed E-state index contributed by atoms with van der Waals surface area (Å²) in [6.45, 7) is 2.99. The number of carbonyl (C=O) groups is 2. The molecule has 1 atom stereocenters. The van der Waals surface area contributed by atoms with Crippen LogP contribution in [-0.4, -0.2) is 54.4 Å². The van der Waals surface area contributed by atoms with E-state index < -0.39 is 12.6 Å². The highest BCUT2D eigenvalue weighted by atomic mass is 16.5. The number of morpholine rings is 1. The Morgan fingerprint density at radius 1 is 1.48 bits per heavy atom. The molecule has 1 aliphatic rings. The summed E-state index contributed by atoms with van der Waals surface area (Å²) in [6, 6.07) is 6.48. The maximum Gasteiger partial charge on any atom is 0.341 e. The third-order valence-corrected chi connectivity index (χ3v) is 3.01. The van der Waals surface area contributed by atoms with E-state index in [0.29, 0.717) is 31.1 Å². The molecular weight excluding hydrogens is 276 g/mol. The van der Waals surface area contributed by atoms with Gasteiger partial charge >= 0.3 is 12.0 Å². The molecule has 0 spiro atoms. The molecule has 1 heterocycles. The van der Waals surface area contributed by atoms with E-state index in [1.807, 2.05) is 6.92 Å². The number of carbonyl (C=O) groups excluding carboxylic acids is 1. The zero-order valence-corrected chi connectivity index (χ0v) is 11.7. The van der Waals surface area contributed by atoms with E-state index in [-0.39, 0.29) is 12.1 Å². The van der Waals surface area contributed by atoms with E-state index in [1.165, 1.54) is 0 Å². The van der Waals surface area contributed by atoms with Crippen LogP contribution < -0.4 is 10.1 Å². The van der Waals surface area contributed by atoms with Crippen molar-refractivity contribution in [3.8, 4) is 5.75 Å². The maximum atomic E-state index is 12.2. The molecule has 1 aliphatic heterocycles. The molecular formula is C14H18N2O5. The van der Waals surface area contributed by atoms with Gasteiger partial charge in [-0.05, 0) is 19.1 Å². The Hall–Kier alpha value is -2.28. The van der Waals surface area contributed by atoms with Crippen LogP contribution in [0.1, 0.15) is 6.92 Å². The lowest BCUT2D eigenvalue weighted by atomic mass is 10.3. The van der Waals surface area contributed by atoms with Gasteiger partial charge in [0.05, 0.1) is 18.4 Å². The van der Waals surface area contributed by atoms with Crippen LogP contribution in [0.15, 0.2) is 24.3 Å². The van der Waals surface area contributed by atoms with Crippen molar-refractivity contribution in [2.75, 3.05) is 31.6 Å². The molecule has 114 valence electrons. The minimum absolute atomic E-state index is 0.00278. The number of amides is 2. The molecule has 7 nitrogen and oxygen atoms in total. The highest BCUT2D eigenvalue weighted by Gasteiger charge is 2.22. The average molecular weight is 294 g/mol. The summed E-state index contributed by atoms with van der Waals surface area (Å²) in [5.74, 6) is -0.743. The fraction of sp³-hybridized carbons (Fsp3) is 0.429. The van der Waals surface area contributed by atoms with Crippen molar-refractivity contribution in [2.45, 2.75) is 13.0 Å².